The summed E-state index contributed by atoms with van der Waals surface area (Å²) in [5, 5.41) is 3.31. The highest BCUT2D eigenvalue weighted by Gasteiger charge is 2.22. The number of anilines is 5. The van der Waals surface area contributed by atoms with Crippen LogP contribution in [-0.4, -0.2) is 23.1 Å². The summed E-state index contributed by atoms with van der Waals surface area (Å²) in [4.78, 5) is 11.0. The van der Waals surface area contributed by atoms with Crippen LogP contribution < -0.4 is 20.7 Å². The summed E-state index contributed by atoms with van der Waals surface area (Å²) in [6, 6.07) is 16.3. The number of aromatic nitrogens is 2. The quantitative estimate of drug-likeness (QED) is 0.550. The van der Waals surface area contributed by atoms with E-state index in [2.05, 4.69) is 51.4 Å². The topological polar surface area (TPSA) is 76.3 Å². The number of aryl methyl sites for hydroxylation is 1. The van der Waals surface area contributed by atoms with Gasteiger partial charge in [-0.05, 0) is 55.2 Å². The van der Waals surface area contributed by atoms with Gasteiger partial charge in [-0.25, -0.2) is 9.97 Å². The van der Waals surface area contributed by atoms with Crippen LogP contribution in [0.1, 0.15) is 31.7 Å². The second-order valence-corrected chi connectivity index (χ2v) is 7.19. The van der Waals surface area contributed by atoms with Crippen LogP contribution in [0.2, 0.25) is 0 Å². The Morgan fingerprint density at radius 3 is 2.76 bits per heavy atom. The van der Waals surface area contributed by atoms with Crippen LogP contribution in [0.3, 0.4) is 0 Å². The lowest BCUT2D eigenvalue weighted by Gasteiger charge is -2.31. The predicted molar refractivity (Wildman–Crippen MR) is 118 cm³/mol. The second kappa shape index (κ2) is 8.82. The first kappa shape index (κ1) is 19.1. The molecular weight excluding hydrogens is 362 g/mol. The maximum atomic E-state index is 6.48. The Kier molecular flexibility index (Phi) is 5.79. The zero-order valence-electron chi connectivity index (χ0n) is 16.8. The van der Waals surface area contributed by atoms with E-state index in [-0.39, 0.29) is 0 Å². The van der Waals surface area contributed by atoms with Gasteiger partial charge in [-0.2, -0.15) is 0 Å². The van der Waals surface area contributed by atoms with Crippen molar-refractivity contribution < 1.29 is 4.74 Å². The SMILES string of the molecule is CCCCOc1ccc(Nc2ncnc(N3CCCc4ccccc43)c2N)cc1. The van der Waals surface area contributed by atoms with E-state index in [1.54, 1.807) is 6.33 Å². The Balaban J connectivity index is 1.53. The molecular formula is C23H27N5O. The Morgan fingerprint density at radius 1 is 1.10 bits per heavy atom. The Labute approximate surface area is 171 Å². The van der Waals surface area contributed by atoms with E-state index < -0.39 is 0 Å². The number of nitrogen functional groups attached to an aromatic ring is 1. The predicted octanol–water partition coefficient (Wildman–Crippen LogP) is 5.07. The van der Waals surface area contributed by atoms with Crippen molar-refractivity contribution >= 4 is 28.7 Å². The number of unbranched alkanes of at least 4 members (excludes halogenated alkanes) is 1. The van der Waals surface area contributed by atoms with Crippen molar-refractivity contribution in [3.05, 3.63) is 60.4 Å². The Hall–Kier alpha value is -3.28. The molecule has 0 fully saturated rings. The van der Waals surface area contributed by atoms with E-state index in [9.17, 15) is 0 Å². The van der Waals surface area contributed by atoms with Gasteiger partial charge in [0.05, 0.1) is 6.61 Å². The molecule has 6 nitrogen and oxygen atoms in total. The van der Waals surface area contributed by atoms with Crippen LogP contribution in [0, 0.1) is 0 Å². The summed E-state index contributed by atoms with van der Waals surface area (Å²) < 4.78 is 5.72. The number of ether oxygens (including phenoxy) is 1. The molecule has 0 unspecified atom stereocenters. The number of rotatable bonds is 7. The fraction of sp³-hybridized carbons (Fsp3) is 0.304. The molecule has 3 N–H and O–H groups in total. The van der Waals surface area contributed by atoms with Crippen molar-refractivity contribution in [3.63, 3.8) is 0 Å². The highest BCUT2D eigenvalue weighted by atomic mass is 16.5. The summed E-state index contributed by atoms with van der Waals surface area (Å²) in [5.41, 5.74) is 10.4. The summed E-state index contributed by atoms with van der Waals surface area (Å²) in [6.07, 6.45) is 5.89. The van der Waals surface area contributed by atoms with Gasteiger partial charge in [-0.15, -0.1) is 0 Å². The van der Waals surface area contributed by atoms with Crippen molar-refractivity contribution in [2.24, 2.45) is 0 Å². The van der Waals surface area contributed by atoms with Gasteiger partial charge < -0.3 is 20.7 Å². The molecule has 4 rings (SSSR count). The van der Waals surface area contributed by atoms with Gasteiger partial charge in [0.1, 0.15) is 17.8 Å². The third kappa shape index (κ3) is 4.26. The third-order valence-corrected chi connectivity index (χ3v) is 5.11. The molecule has 1 aliphatic rings. The summed E-state index contributed by atoms with van der Waals surface area (Å²) >= 11 is 0. The van der Waals surface area contributed by atoms with Crippen molar-refractivity contribution in [2.45, 2.75) is 32.6 Å². The van der Waals surface area contributed by atoms with Gasteiger partial charge in [-0.1, -0.05) is 31.5 Å². The maximum Gasteiger partial charge on any atom is 0.161 e. The summed E-state index contributed by atoms with van der Waals surface area (Å²) in [5.74, 6) is 2.22. The minimum absolute atomic E-state index is 0.549. The largest absolute Gasteiger partial charge is 0.494 e. The molecule has 0 aliphatic carbocycles. The number of nitrogens with one attached hydrogen (secondary N) is 1. The van der Waals surface area contributed by atoms with E-state index >= 15 is 0 Å². The van der Waals surface area contributed by atoms with Gasteiger partial charge in [0, 0.05) is 17.9 Å². The highest BCUT2D eigenvalue weighted by Crippen LogP contribution is 2.37. The number of para-hydroxylation sites is 1. The lowest BCUT2D eigenvalue weighted by Crippen LogP contribution is -2.26. The van der Waals surface area contributed by atoms with Crippen LogP contribution in [0.25, 0.3) is 0 Å². The standard InChI is InChI=1S/C23H27N5O/c1-2-3-15-29-19-12-10-18(11-13-19)27-22-21(24)23(26-16-25-22)28-14-6-8-17-7-4-5-9-20(17)28/h4-5,7,9-13,16H,2-3,6,8,14-15,24H2,1H3,(H,25,26,27). The normalized spacial score (nSPS) is 13.1. The molecule has 0 amide bonds. The van der Waals surface area contributed by atoms with Crippen molar-refractivity contribution in [1.82, 2.24) is 9.97 Å². The fourth-order valence-electron chi connectivity index (χ4n) is 3.56. The summed E-state index contributed by atoms with van der Waals surface area (Å²) in [6.45, 7) is 3.78. The molecule has 0 saturated carbocycles. The molecule has 2 aromatic carbocycles. The number of nitrogens with zero attached hydrogens (tertiary/aromatic N) is 3. The van der Waals surface area contributed by atoms with Crippen LogP contribution in [0.5, 0.6) is 5.75 Å². The second-order valence-electron chi connectivity index (χ2n) is 7.19. The van der Waals surface area contributed by atoms with Crippen LogP contribution >= 0.6 is 0 Å². The first-order valence-corrected chi connectivity index (χ1v) is 10.2. The van der Waals surface area contributed by atoms with E-state index in [4.69, 9.17) is 10.5 Å². The Morgan fingerprint density at radius 2 is 1.93 bits per heavy atom. The molecule has 3 aromatic rings. The van der Waals surface area contributed by atoms with Gasteiger partial charge in [0.15, 0.2) is 11.6 Å². The zero-order valence-corrected chi connectivity index (χ0v) is 16.8. The average molecular weight is 390 g/mol. The van der Waals surface area contributed by atoms with Gasteiger partial charge >= 0.3 is 0 Å². The van der Waals surface area contributed by atoms with Crippen LogP contribution in [-0.2, 0) is 6.42 Å². The number of hydrogen-bond donors (Lipinski definition) is 2. The molecule has 150 valence electrons. The smallest absolute Gasteiger partial charge is 0.161 e. The van der Waals surface area contributed by atoms with Crippen LogP contribution in [0.4, 0.5) is 28.7 Å². The van der Waals surface area contributed by atoms with Crippen molar-refractivity contribution in [3.8, 4) is 5.75 Å². The molecule has 0 radical (unpaired) electrons. The molecule has 0 bridgehead atoms. The molecule has 0 spiro atoms. The average Bonchev–Trinajstić information content (AvgIpc) is 2.76. The minimum Gasteiger partial charge on any atom is -0.494 e. The first-order chi connectivity index (χ1) is 14.3. The van der Waals surface area contributed by atoms with E-state index in [1.165, 1.54) is 11.3 Å². The lowest BCUT2D eigenvalue weighted by atomic mass is 10.0. The number of benzene rings is 2. The van der Waals surface area contributed by atoms with Crippen molar-refractivity contribution in [1.29, 1.82) is 0 Å². The Bertz CT molecular complexity index is 958. The van der Waals surface area contributed by atoms with Crippen molar-refractivity contribution in [2.75, 3.05) is 29.1 Å². The molecule has 0 atom stereocenters. The van der Waals surface area contributed by atoms with E-state index in [0.29, 0.717) is 11.5 Å². The number of nitrogens with two attached hydrogens (primary N) is 1. The van der Waals surface area contributed by atoms with Gasteiger partial charge in [-0.3, -0.25) is 0 Å². The van der Waals surface area contributed by atoms with E-state index in [0.717, 1.165) is 56.1 Å². The maximum absolute atomic E-state index is 6.48. The lowest BCUT2D eigenvalue weighted by molar-refractivity contribution is 0.309. The number of fused-ring (bicyclic) bond motifs is 1. The highest BCUT2D eigenvalue weighted by molar-refractivity contribution is 5.82. The molecule has 1 aromatic heterocycles. The summed E-state index contributed by atoms with van der Waals surface area (Å²) in [7, 11) is 0. The van der Waals surface area contributed by atoms with Crippen LogP contribution in [0.15, 0.2) is 54.9 Å². The third-order valence-electron chi connectivity index (χ3n) is 5.11. The molecule has 0 saturated heterocycles. The molecule has 6 heteroatoms. The zero-order chi connectivity index (χ0) is 20.1. The molecule has 1 aliphatic heterocycles. The monoisotopic (exact) mass is 389 g/mol. The van der Waals surface area contributed by atoms with Gasteiger partial charge in [0.25, 0.3) is 0 Å². The first-order valence-electron chi connectivity index (χ1n) is 10.2. The minimum atomic E-state index is 0.549. The molecule has 29 heavy (non-hydrogen) atoms. The molecule has 2 heterocycles. The number of hydrogen-bond acceptors (Lipinski definition) is 6. The van der Waals surface area contributed by atoms with E-state index in [1.807, 2.05) is 24.3 Å². The van der Waals surface area contributed by atoms with Gasteiger partial charge in [0.2, 0.25) is 0 Å². The fourth-order valence-corrected chi connectivity index (χ4v) is 3.56.